The second-order valence-corrected chi connectivity index (χ2v) is 14.9. The fourth-order valence-electron chi connectivity index (χ4n) is 5.67. The van der Waals surface area contributed by atoms with Crippen LogP contribution in [-0.2, 0) is 35.2 Å². The zero-order chi connectivity index (χ0) is 44.8. The van der Waals surface area contributed by atoms with Gasteiger partial charge < -0.3 is 41.6 Å². The average Bonchev–Trinajstić information content (AvgIpc) is 3.20. The fraction of sp³-hybridized carbons (Fsp3) is 0.538. The van der Waals surface area contributed by atoms with Crippen molar-refractivity contribution in [1.82, 2.24) is 35.9 Å². The van der Waals surface area contributed by atoms with Crippen LogP contribution < -0.4 is 32.6 Å². The number of ketones is 2. The molecule has 61 heavy (non-hydrogen) atoms. The summed E-state index contributed by atoms with van der Waals surface area (Å²) >= 11 is 0. The maximum atomic E-state index is 13.0. The predicted molar refractivity (Wildman–Crippen MR) is 222 cm³/mol. The van der Waals surface area contributed by atoms with Crippen molar-refractivity contribution in [2.45, 2.75) is 109 Å². The lowest BCUT2D eigenvalue weighted by Gasteiger charge is -2.20. The smallest absolute Gasteiger partial charge is 0.407 e. The van der Waals surface area contributed by atoms with Crippen LogP contribution in [0.4, 0.5) is 16.4 Å². The molecule has 8 N–H and O–H groups in total. The highest BCUT2D eigenvalue weighted by molar-refractivity contribution is 5.97. The van der Waals surface area contributed by atoms with Crippen LogP contribution >= 0.6 is 0 Å². The third-order valence-electron chi connectivity index (χ3n) is 8.69. The number of amides is 3. The van der Waals surface area contributed by atoms with Crippen LogP contribution in [0.1, 0.15) is 101 Å². The normalized spacial score (nSPS) is 12.0. The van der Waals surface area contributed by atoms with Crippen LogP contribution in [-0.4, -0.2) is 104 Å². The summed E-state index contributed by atoms with van der Waals surface area (Å²) in [5, 5.41) is 24.0. The minimum absolute atomic E-state index is 0.0391. The number of anilines is 2. The van der Waals surface area contributed by atoms with Gasteiger partial charge in [-0.1, -0.05) is 5.11 Å². The quantitative estimate of drug-likeness (QED) is 0.0250. The van der Waals surface area contributed by atoms with Gasteiger partial charge in [0.2, 0.25) is 11.9 Å². The number of carboxylic acids is 1. The number of aromatic nitrogens is 4. The number of alkyl carbamates (subject to hydrolysis) is 1. The zero-order valence-electron chi connectivity index (χ0n) is 34.5. The number of hydrogen-bond donors (Lipinski definition) is 7. The van der Waals surface area contributed by atoms with Crippen LogP contribution in [0.3, 0.4) is 0 Å². The van der Waals surface area contributed by atoms with Gasteiger partial charge in [-0.25, -0.2) is 19.6 Å². The van der Waals surface area contributed by atoms with Crippen molar-refractivity contribution in [2.24, 2.45) is 5.11 Å². The Kier molecular flexibility index (Phi) is 20.0. The minimum Gasteiger partial charge on any atom is -0.480 e. The van der Waals surface area contributed by atoms with Crippen molar-refractivity contribution in [3.63, 3.8) is 0 Å². The predicted octanol–water partition coefficient (Wildman–Crippen LogP) is 3.47. The number of benzene rings is 1. The van der Waals surface area contributed by atoms with Gasteiger partial charge in [-0.15, -0.1) is 0 Å². The van der Waals surface area contributed by atoms with E-state index in [1.54, 1.807) is 32.9 Å². The molecular formula is C39H54N12O10. The number of nitrogens with two attached hydrogens (primary N) is 1. The molecule has 3 amide bonds. The van der Waals surface area contributed by atoms with Crippen LogP contribution in [0.25, 0.3) is 21.6 Å². The first-order valence-electron chi connectivity index (χ1n) is 19.8. The number of Topliss-reactive ketones (excluding diaryl/α,β-unsaturated/α-hetero) is 2. The van der Waals surface area contributed by atoms with E-state index in [0.29, 0.717) is 50.0 Å². The molecule has 2 atom stereocenters. The number of aliphatic carboxylic acids is 1. The third-order valence-corrected chi connectivity index (χ3v) is 8.69. The van der Waals surface area contributed by atoms with Crippen LogP contribution in [0, 0.1) is 0 Å². The number of nitrogen functional groups attached to an aromatic ring is 1. The zero-order valence-corrected chi connectivity index (χ0v) is 34.5. The number of nitrogens with zero attached hydrogens (tertiary/aromatic N) is 6. The first-order chi connectivity index (χ1) is 29.0. The number of unbranched alkanes of at least 4 members (excludes halogenated alkanes) is 1. The topological polar surface area (TPSA) is 336 Å². The highest BCUT2D eigenvalue weighted by Gasteiger charge is 2.23. The molecule has 3 rings (SSSR count). The minimum atomic E-state index is -1.30. The Morgan fingerprint density at radius 1 is 0.934 bits per heavy atom. The summed E-state index contributed by atoms with van der Waals surface area (Å²) < 4.78 is 10.8. The van der Waals surface area contributed by atoms with Gasteiger partial charge >= 0.3 is 12.1 Å². The Balaban J connectivity index is 1.34. The van der Waals surface area contributed by atoms with Crippen molar-refractivity contribution < 1.29 is 43.3 Å². The second-order valence-electron chi connectivity index (χ2n) is 14.9. The first-order valence-corrected chi connectivity index (χ1v) is 19.8. The Morgan fingerprint density at radius 2 is 1.66 bits per heavy atom. The Labute approximate surface area is 351 Å². The molecule has 0 spiro atoms. The lowest BCUT2D eigenvalue weighted by atomic mass is 10.0. The maximum Gasteiger partial charge on any atom is 0.407 e. The molecule has 0 aliphatic carbocycles. The van der Waals surface area contributed by atoms with Crippen molar-refractivity contribution in [2.75, 3.05) is 37.4 Å². The van der Waals surface area contributed by atoms with Gasteiger partial charge in [0, 0.05) is 68.1 Å². The van der Waals surface area contributed by atoms with E-state index in [1.165, 1.54) is 18.3 Å². The van der Waals surface area contributed by atoms with Gasteiger partial charge in [0.05, 0.1) is 24.5 Å². The van der Waals surface area contributed by atoms with E-state index in [9.17, 15) is 38.7 Å². The molecule has 0 saturated heterocycles. The molecule has 0 aliphatic heterocycles. The molecule has 3 aromatic rings. The lowest BCUT2D eigenvalue weighted by Crippen LogP contribution is -2.41. The maximum absolute atomic E-state index is 13.0. The van der Waals surface area contributed by atoms with E-state index in [0.717, 1.165) is 0 Å². The van der Waals surface area contributed by atoms with E-state index in [1.807, 2.05) is 0 Å². The van der Waals surface area contributed by atoms with E-state index >= 15 is 0 Å². The molecular weight excluding hydrogens is 797 g/mol. The monoisotopic (exact) mass is 850 g/mol. The highest BCUT2D eigenvalue weighted by Crippen LogP contribution is 2.14. The molecule has 2 aromatic heterocycles. The number of hydrogen-bond acceptors (Lipinski definition) is 15. The number of fused-ring (bicyclic) bond motifs is 1. The molecule has 330 valence electrons. The SMILES string of the molecule is CC(C)(C)OC(=O)NCCCC[C@H](NC(=O)CCN=[N+]=[N-])C(=O)CCCOCCCC(=O)CC[C@H](NC(=O)c1ccc(NCc2cnc3nc(N)[nH]c(=O)c3n2)cc1)C(=O)O. The molecule has 0 saturated carbocycles. The van der Waals surface area contributed by atoms with Crippen LogP contribution in [0.15, 0.2) is 40.4 Å². The second kappa shape index (κ2) is 25.1. The standard InChI is InChI=1S/C39H54N12O10/c1-39(2,3)61-38(59)42-18-5-4-9-28(47-31(54)17-19-45-51-41)30(53)10-7-21-60-20-6-8-27(52)15-16-29(36(57)58)48-34(55)24-11-13-25(14-12-24)43-22-26-23-44-33-32(46-26)35(56)50-37(40)49-33/h11-14,23,28-29,43H,4-10,15-22H2,1-3H3,(H,42,59)(H,47,54)(H,48,55)(H,57,58)(H3,40,44,49,50,56)/t28-,29-/m0/s1. The van der Waals surface area contributed by atoms with Gasteiger partial charge in [0.1, 0.15) is 17.4 Å². The molecule has 0 bridgehead atoms. The molecule has 1 aromatic carbocycles. The Bertz CT molecular complexity index is 2080. The summed E-state index contributed by atoms with van der Waals surface area (Å²) in [7, 11) is 0. The highest BCUT2D eigenvalue weighted by atomic mass is 16.6. The number of aromatic amines is 1. The number of carboxylic acid groups (broad SMARTS) is 1. The van der Waals surface area contributed by atoms with Gasteiger partial charge in [-0.3, -0.25) is 29.0 Å². The Hall–Kier alpha value is -6.67. The van der Waals surface area contributed by atoms with E-state index in [4.69, 9.17) is 20.7 Å². The molecule has 0 unspecified atom stereocenters. The van der Waals surface area contributed by atoms with Gasteiger partial charge in [0.15, 0.2) is 16.9 Å². The van der Waals surface area contributed by atoms with Crippen LogP contribution in [0.5, 0.6) is 0 Å². The van der Waals surface area contributed by atoms with Crippen molar-refractivity contribution in [1.29, 1.82) is 0 Å². The lowest BCUT2D eigenvalue weighted by molar-refractivity contribution is -0.139. The van der Waals surface area contributed by atoms with Crippen molar-refractivity contribution in [3.8, 4) is 0 Å². The van der Waals surface area contributed by atoms with Gasteiger partial charge in [0.25, 0.3) is 11.5 Å². The van der Waals surface area contributed by atoms with Gasteiger partial charge in [-0.05, 0) is 89.1 Å². The summed E-state index contributed by atoms with van der Waals surface area (Å²) in [6.07, 6.45) is 3.08. The molecule has 0 aliphatic rings. The summed E-state index contributed by atoms with van der Waals surface area (Å²) in [5.74, 6) is -2.79. The van der Waals surface area contributed by atoms with E-state index in [2.05, 4.69) is 51.2 Å². The third kappa shape index (κ3) is 18.9. The molecule has 22 nitrogen and oxygen atoms in total. The van der Waals surface area contributed by atoms with E-state index in [-0.39, 0.29) is 92.6 Å². The number of carbonyl (C=O) groups is 6. The average molecular weight is 851 g/mol. The number of carbonyl (C=O) groups excluding carboxylic acids is 5. The summed E-state index contributed by atoms with van der Waals surface area (Å²) in [4.78, 5) is 104. The molecule has 0 fully saturated rings. The van der Waals surface area contributed by atoms with E-state index < -0.39 is 47.1 Å². The Morgan fingerprint density at radius 3 is 2.34 bits per heavy atom. The number of H-pyrrole nitrogens is 1. The van der Waals surface area contributed by atoms with Gasteiger partial charge in [-0.2, -0.15) is 4.98 Å². The molecule has 0 radical (unpaired) electrons. The molecule has 22 heteroatoms. The fourth-order valence-corrected chi connectivity index (χ4v) is 5.67. The summed E-state index contributed by atoms with van der Waals surface area (Å²) in [5.41, 5.74) is 14.3. The largest absolute Gasteiger partial charge is 0.480 e. The number of azide groups is 1. The first kappa shape index (κ1) is 48.7. The van der Waals surface area contributed by atoms with Crippen molar-refractivity contribution in [3.05, 3.63) is 62.5 Å². The number of rotatable bonds is 27. The van der Waals surface area contributed by atoms with Crippen molar-refractivity contribution >= 4 is 58.2 Å². The summed E-state index contributed by atoms with van der Waals surface area (Å²) in [6, 6.07) is 4.18. The van der Waals surface area contributed by atoms with Crippen LogP contribution in [0.2, 0.25) is 0 Å². The number of nitrogens with one attached hydrogen (secondary N) is 5. The summed E-state index contributed by atoms with van der Waals surface area (Å²) in [6.45, 7) is 6.23. The number of ether oxygens (including phenoxy) is 2. The molecule has 2 heterocycles.